The van der Waals surface area contributed by atoms with E-state index < -0.39 is 0 Å². The van der Waals surface area contributed by atoms with Crippen LogP contribution in [0.5, 0.6) is 5.75 Å². The summed E-state index contributed by atoms with van der Waals surface area (Å²) in [5.74, 6) is 0.0870. The Kier molecular flexibility index (Phi) is 4.80. The maximum Gasteiger partial charge on any atom is 0.287 e. The Bertz CT molecular complexity index is 690. The maximum absolute atomic E-state index is 13.0. The molecule has 0 radical (unpaired) electrons. The van der Waals surface area contributed by atoms with Crippen molar-refractivity contribution in [2.75, 3.05) is 11.9 Å². The van der Waals surface area contributed by atoms with Crippen LogP contribution in [0, 0.1) is 5.82 Å². The summed E-state index contributed by atoms with van der Waals surface area (Å²) >= 11 is 5.94. The highest BCUT2D eigenvalue weighted by Gasteiger charge is 2.09. The molecule has 0 aliphatic carbocycles. The normalized spacial score (nSPS) is 12.0. The number of rotatable bonds is 5. The zero-order valence-electron chi connectivity index (χ0n) is 11.6. The molecule has 2 rings (SSSR count). The summed E-state index contributed by atoms with van der Waals surface area (Å²) in [6.07, 6.45) is 1.23. The predicted octanol–water partition coefficient (Wildman–Crippen LogP) is 2.45. The van der Waals surface area contributed by atoms with E-state index >= 15 is 0 Å². The van der Waals surface area contributed by atoms with Gasteiger partial charge in [0.05, 0.1) is 18.4 Å². The van der Waals surface area contributed by atoms with Crippen LogP contribution in [0.3, 0.4) is 0 Å². The molecule has 1 N–H and O–H groups in total. The molecule has 0 amide bonds. The first-order valence-corrected chi connectivity index (χ1v) is 6.73. The first-order chi connectivity index (χ1) is 9.97. The Hall–Kier alpha value is -2.08. The van der Waals surface area contributed by atoms with Crippen molar-refractivity contribution < 1.29 is 9.13 Å². The largest absolute Gasteiger partial charge is 0.489 e. The smallest absolute Gasteiger partial charge is 0.287 e. The highest BCUT2D eigenvalue weighted by atomic mass is 35.5. The molecule has 1 heterocycles. The van der Waals surface area contributed by atoms with Crippen LogP contribution in [0.25, 0.3) is 0 Å². The SMILES string of the molecule is CC(CNc1cnn(C)c(=O)c1Cl)Oc1cccc(F)c1. The lowest BCUT2D eigenvalue weighted by Gasteiger charge is -2.16. The van der Waals surface area contributed by atoms with Crippen LogP contribution in [0.15, 0.2) is 35.3 Å². The lowest BCUT2D eigenvalue weighted by molar-refractivity contribution is 0.234. The summed E-state index contributed by atoms with van der Waals surface area (Å²) in [6.45, 7) is 2.21. The van der Waals surface area contributed by atoms with Gasteiger partial charge in [-0.05, 0) is 19.1 Å². The number of aryl methyl sites for hydroxylation is 1. The minimum atomic E-state index is -0.375. The van der Waals surface area contributed by atoms with Gasteiger partial charge < -0.3 is 10.1 Å². The molecule has 0 saturated carbocycles. The van der Waals surface area contributed by atoms with Crippen molar-refractivity contribution in [2.45, 2.75) is 13.0 Å². The van der Waals surface area contributed by atoms with E-state index in [0.29, 0.717) is 18.0 Å². The van der Waals surface area contributed by atoms with Gasteiger partial charge in [-0.2, -0.15) is 5.10 Å². The van der Waals surface area contributed by atoms with Crippen LogP contribution in [0.1, 0.15) is 6.92 Å². The fraction of sp³-hybridized carbons (Fsp3) is 0.286. The van der Waals surface area contributed by atoms with Gasteiger partial charge in [0.1, 0.15) is 22.7 Å². The van der Waals surface area contributed by atoms with Gasteiger partial charge in [0.2, 0.25) is 0 Å². The molecule has 112 valence electrons. The van der Waals surface area contributed by atoms with E-state index in [2.05, 4.69) is 10.4 Å². The molecule has 0 spiro atoms. The minimum absolute atomic E-state index is 0.0745. The molecule has 0 aliphatic rings. The lowest BCUT2D eigenvalue weighted by atomic mass is 10.3. The average Bonchev–Trinajstić information content (AvgIpc) is 2.44. The van der Waals surface area contributed by atoms with Gasteiger partial charge in [-0.3, -0.25) is 4.79 Å². The van der Waals surface area contributed by atoms with E-state index in [1.807, 2.05) is 6.92 Å². The number of nitrogens with one attached hydrogen (secondary N) is 1. The summed E-state index contributed by atoms with van der Waals surface area (Å²) < 4.78 is 19.8. The van der Waals surface area contributed by atoms with Crippen molar-refractivity contribution in [3.63, 3.8) is 0 Å². The molecule has 0 fully saturated rings. The van der Waals surface area contributed by atoms with E-state index in [1.165, 1.54) is 25.4 Å². The molecule has 21 heavy (non-hydrogen) atoms. The Morgan fingerprint density at radius 1 is 1.52 bits per heavy atom. The Labute approximate surface area is 126 Å². The summed E-state index contributed by atoms with van der Waals surface area (Å²) in [4.78, 5) is 11.6. The van der Waals surface area contributed by atoms with Crippen molar-refractivity contribution in [1.82, 2.24) is 9.78 Å². The van der Waals surface area contributed by atoms with Crippen LogP contribution >= 0.6 is 11.6 Å². The van der Waals surface area contributed by atoms with Gasteiger partial charge in [-0.1, -0.05) is 17.7 Å². The lowest BCUT2D eigenvalue weighted by Crippen LogP contribution is -2.25. The van der Waals surface area contributed by atoms with Gasteiger partial charge >= 0.3 is 0 Å². The third-order valence-corrected chi connectivity index (χ3v) is 3.16. The van der Waals surface area contributed by atoms with Crippen molar-refractivity contribution in [1.29, 1.82) is 0 Å². The van der Waals surface area contributed by atoms with Crippen LogP contribution in [0.2, 0.25) is 5.02 Å². The van der Waals surface area contributed by atoms with Gasteiger partial charge in [0.25, 0.3) is 5.56 Å². The Morgan fingerprint density at radius 3 is 3.00 bits per heavy atom. The molecule has 2 aromatic rings. The van der Waals surface area contributed by atoms with E-state index in [-0.39, 0.29) is 22.5 Å². The van der Waals surface area contributed by atoms with Gasteiger partial charge in [-0.25, -0.2) is 9.07 Å². The summed E-state index contributed by atoms with van der Waals surface area (Å²) in [6, 6.07) is 5.91. The first-order valence-electron chi connectivity index (χ1n) is 6.35. The number of aromatic nitrogens is 2. The zero-order chi connectivity index (χ0) is 15.4. The van der Waals surface area contributed by atoms with Crippen molar-refractivity contribution >= 4 is 17.3 Å². The molecule has 5 nitrogen and oxygen atoms in total. The summed E-state index contributed by atoms with van der Waals surface area (Å²) in [5.41, 5.74) is 0.0647. The van der Waals surface area contributed by atoms with Crippen LogP contribution in [-0.2, 0) is 7.05 Å². The summed E-state index contributed by atoms with van der Waals surface area (Å²) in [7, 11) is 1.52. The molecule has 0 saturated heterocycles. The number of hydrogen-bond acceptors (Lipinski definition) is 4. The van der Waals surface area contributed by atoms with Crippen LogP contribution in [-0.4, -0.2) is 22.4 Å². The maximum atomic E-state index is 13.0. The fourth-order valence-electron chi connectivity index (χ4n) is 1.70. The average molecular weight is 312 g/mol. The summed E-state index contributed by atoms with van der Waals surface area (Å²) in [5, 5.41) is 6.94. The van der Waals surface area contributed by atoms with E-state index in [0.717, 1.165) is 4.68 Å². The second-order valence-electron chi connectivity index (χ2n) is 4.57. The topological polar surface area (TPSA) is 56.2 Å². The van der Waals surface area contributed by atoms with Crippen molar-refractivity contribution in [3.05, 3.63) is 51.7 Å². The molecule has 1 aromatic heterocycles. The van der Waals surface area contributed by atoms with Crippen molar-refractivity contribution in [2.24, 2.45) is 7.05 Å². The first kappa shape index (κ1) is 15.3. The quantitative estimate of drug-likeness (QED) is 0.921. The molecular formula is C14H15ClFN3O2. The number of halogens is 2. The third kappa shape index (κ3) is 3.95. The monoisotopic (exact) mass is 311 g/mol. The minimum Gasteiger partial charge on any atom is -0.489 e. The number of anilines is 1. The van der Waals surface area contributed by atoms with Crippen molar-refractivity contribution in [3.8, 4) is 5.75 Å². The number of hydrogen-bond donors (Lipinski definition) is 1. The standard InChI is InChI=1S/C14H15ClFN3O2/c1-9(21-11-5-3-4-10(16)6-11)7-17-12-8-18-19(2)14(20)13(12)15/h3-6,8-9,17H,7H2,1-2H3. The molecular weight excluding hydrogens is 297 g/mol. The highest BCUT2D eigenvalue weighted by molar-refractivity contribution is 6.32. The van der Waals surface area contributed by atoms with E-state index in [1.54, 1.807) is 12.1 Å². The third-order valence-electron chi connectivity index (χ3n) is 2.79. The number of nitrogens with zero attached hydrogens (tertiary/aromatic N) is 2. The van der Waals surface area contributed by atoms with Crippen LogP contribution in [0.4, 0.5) is 10.1 Å². The molecule has 7 heteroatoms. The zero-order valence-corrected chi connectivity index (χ0v) is 12.4. The second kappa shape index (κ2) is 6.58. The van der Waals surface area contributed by atoms with E-state index in [9.17, 15) is 9.18 Å². The Balaban J connectivity index is 1.97. The fourth-order valence-corrected chi connectivity index (χ4v) is 1.94. The van der Waals surface area contributed by atoms with Gasteiger partial charge in [-0.15, -0.1) is 0 Å². The van der Waals surface area contributed by atoms with Gasteiger partial charge in [0.15, 0.2) is 0 Å². The Morgan fingerprint density at radius 2 is 2.29 bits per heavy atom. The molecule has 0 bridgehead atoms. The second-order valence-corrected chi connectivity index (χ2v) is 4.95. The molecule has 1 aromatic carbocycles. The van der Waals surface area contributed by atoms with Gasteiger partial charge in [0, 0.05) is 13.1 Å². The molecule has 1 unspecified atom stereocenters. The van der Waals surface area contributed by atoms with Crippen LogP contribution < -0.4 is 15.6 Å². The number of ether oxygens (including phenoxy) is 1. The molecule has 1 atom stereocenters. The number of benzene rings is 1. The molecule has 0 aliphatic heterocycles. The van der Waals surface area contributed by atoms with E-state index in [4.69, 9.17) is 16.3 Å². The predicted molar refractivity (Wildman–Crippen MR) is 79.5 cm³/mol. The highest BCUT2D eigenvalue weighted by Crippen LogP contribution is 2.17.